The lowest BCUT2D eigenvalue weighted by atomic mass is 9.85. The summed E-state index contributed by atoms with van der Waals surface area (Å²) in [7, 11) is 1.46. The van der Waals surface area contributed by atoms with Gasteiger partial charge >= 0.3 is 5.69 Å². The van der Waals surface area contributed by atoms with E-state index in [2.05, 4.69) is 10.1 Å². The van der Waals surface area contributed by atoms with Gasteiger partial charge < -0.3 is 14.9 Å². The Morgan fingerprint density at radius 1 is 1.30 bits per heavy atom. The zero-order valence-electron chi connectivity index (χ0n) is 13.1. The molecule has 0 bridgehead atoms. The van der Waals surface area contributed by atoms with Crippen molar-refractivity contribution in [2.24, 2.45) is 7.05 Å². The molecule has 0 aliphatic carbocycles. The van der Waals surface area contributed by atoms with Crippen LogP contribution in [0.25, 0.3) is 0 Å². The molecule has 1 atom stereocenters. The summed E-state index contributed by atoms with van der Waals surface area (Å²) in [4.78, 5) is 42.7. The summed E-state index contributed by atoms with van der Waals surface area (Å²) in [6.45, 7) is 1.26. The number of nitrogens with zero attached hydrogens (tertiary/aromatic N) is 4. The molecule has 2 aliphatic heterocycles. The first-order valence-electron chi connectivity index (χ1n) is 7.85. The largest absolute Gasteiger partial charge is 0.395 e. The number of aromatic amines is 1. The van der Waals surface area contributed by atoms with Gasteiger partial charge in [0.25, 0.3) is 5.91 Å². The summed E-state index contributed by atoms with van der Waals surface area (Å²) in [5.74, 6) is -0.563. The Morgan fingerprint density at radius 3 is 2.61 bits per heavy atom. The fraction of sp³-hybridized carbons (Fsp3) is 0.714. The summed E-state index contributed by atoms with van der Waals surface area (Å²) in [6.07, 6.45) is 2.74. The second kappa shape index (κ2) is 5.80. The van der Waals surface area contributed by atoms with E-state index in [9.17, 15) is 14.4 Å². The molecular weight excluding hydrogens is 302 g/mol. The normalized spacial score (nSPS) is 24.7. The predicted molar refractivity (Wildman–Crippen MR) is 79.7 cm³/mol. The summed E-state index contributed by atoms with van der Waals surface area (Å²) < 4.78 is 1.07. The molecule has 3 heterocycles. The molecule has 0 aromatic carbocycles. The van der Waals surface area contributed by atoms with Gasteiger partial charge in [0.1, 0.15) is 5.54 Å². The average molecular weight is 323 g/mol. The first-order valence-corrected chi connectivity index (χ1v) is 7.85. The monoisotopic (exact) mass is 323 g/mol. The number of hydrogen-bond acceptors (Lipinski definition) is 5. The van der Waals surface area contributed by atoms with Gasteiger partial charge in [-0.2, -0.15) is 0 Å². The zero-order valence-corrected chi connectivity index (χ0v) is 13.1. The molecule has 9 nitrogen and oxygen atoms in total. The SMILES string of the molecule is Cn1nc(C(=O)N2CCCC23CCCN(CCO)C3=O)[nH]c1=O. The highest BCUT2D eigenvalue weighted by atomic mass is 16.3. The van der Waals surface area contributed by atoms with E-state index in [0.29, 0.717) is 25.9 Å². The van der Waals surface area contributed by atoms with E-state index in [1.807, 2.05) is 0 Å². The second-order valence-electron chi connectivity index (χ2n) is 6.11. The van der Waals surface area contributed by atoms with Gasteiger partial charge in [0.2, 0.25) is 11.7 Å². The minimum Gasteiger partial charge on any atom is -0.395 e. The molecule has 2 saturated heterocycles. The fourth-order valence-electron chi connectivity index (χ4n) is 3.68. The predicted octanol–water partition coefficient (Wildman–Crippen LogP) is -1.30. The molecule has 2 N–H and O–H groups in total. The topological polar surface area (TPSA) is 112 Å². The van der Waals surface area contributed by atoms with Crippen molar-refractivity contribution >= 4 is 11.8 Å². The van der Waals surface area contributed by atoms with Crippen LogP contribution in [0.4, 0.5) is 0 Å². The van der Waals surface area contributed by atoms with Crippen LogP contribution in [-0.2, 0) is 11.8 Å². The Kier molecular flexibility index (Phi) is 3.97. The summed E-state index contributed by atoms with van der Waals surface area (Å²) >= 11 is 0. The van der Waals surface area contributed by atoms with Crippen LogP contribution < -0.4 is 5.69 Å². The number of aliphatic hydroxyl groups is 1. The van der Waals surface area contributed by atoms with Crippen LogP contribution in [0.1, 0.15) is 36.3 Å². The Morgan fingerprint density at radius 2 is 2.00 bits per heavy atom. The average Bonchev–Trinajstić information content (AvgIpc) is 3.09. The van der Waals surface area contributed by atoms with Gasteiger partial charge in [-0.05, 0) is 25.7 Å². The number of piperidine rings is 1. The van der Waals surface area contributed by atoms with Crippen LogP contribution >= 0.6 is 0 Å². The molecule has 23 heavy (non-hydrogen) atoms. The van der Waals surface area contributed by atoms with Crippen molar-refractivity contribution in [1.82, 2.24) is 24.6 Å². The summed E-state index contributed by atoms with van der Waals surface area (Å²) in [5, 5.41) is 13.0. The van der Waals surface area contributed by atoms with E-state index in [-0.39, 0.29) is 24.9 Å². The Labute approximate surface area is 132 Å². The lowest BCUT2D eigenvalue weighted by molar-refractivity contribution is -0.146. The molecule has 2 fully saturated rings. The maximum Gasteiger partial charge on any atom is 0.343 e. The standard InChI is InChI=1S/C14H21N5O4/c1-17-13(23)15-10(16-17)11(21)19-7-3-5-14(19)4-2-6-18(8-9-20)12(14)22/h20H,2-9H2,1H3,(H,15,16,23). The number of nitrogens with one attached hydrogen (secondary N) is 1. The number of amides is 2. The number of H-pyrrole nitrogens is 1. The first kappa shape index (κ1) is 15.7. The molecule has 3 rings (SSSR count). The number of aromatic nitrogens is 3. The lowest BCUT2D eigenvalue weighted by Crippen LogP contribution is -2.61. The van der Waals surface area contributed by atoms with E-state index < -0.39 is 17.1 Å². The highest BCUT2D eigenvalue weighted by Crippen LogP contribution is 2.38. The number of rotatable bonds is 3. The molecule has 1 unspecified atom stereocenters. The maximum atomic E-state index is 12.9. The van der Waals surface area contributed by atoms with Crippen molar-refractivity contribution < 1.29 is 14.7 Å². The smallest absolute Gasteiger partial charge is 0.343 e. The fourth-order valence-corrected chi connectivity index (χ4v) is 3.68. The van der Waals surface area contributed by atoms with Crippen molar-refractivity contribution in [1.29, 1.82) is 0 Å². The second-order valence-corrected chi connectivity index (χ2v) is 6.11. The number of hydrogen-bond donors (Lipinski definition) is 2. The van der Waals surface area contributed by atoms with Gasteiger partial charge in [-0.1, -0.05) is 0 Å². The van der Waals surface area contributed by atoms with Crippen LogP contribution in [0.3, 0.4) is 0 Å². The maximum absolute atomic E-state index is 12.9. The third kappa shape index (κ3) is 2.44. The van der Waals surface area contributed by atoms with Crippen LogP contribution in [0.15, 0.2) is 4.79 Å². The van der Waals surface area contributed by atoms with Crippen LogP contribution in [0, 0.1) is 0 Å². The van der Waals surface area contributed by atoms with E-state index in [4.69, 9.17) is 5.11 Å². The summed E-state index contributed by atoms with van der Waals surface area (Å²) in [6, 6.07) is 0. The van der Waals surface area contributed by atoms with Gasteiger partial charge in [0.05, 0.1) is 6.61 Å². The van der Waals surface area contributed by atoms with Crippen molar-refractivity contribution in [2.45, 2.75) is 31.2 Å². The number of carbonyl (C=O) groups excluding carboxylic acids is 2. The van der Waals surface area contributed by atoms with Gasteiger partial charge in [-0.25, -0.2) is 9.48 Å². The minimum atomic E-state index is -0.862. The molecule has 1 aromatic heterocycles. The molecule has 9 heteroatoms. The number of β-amino-alcohol motifs (C(OH)–C–C–N with tert-alkyl or cyclic N) is 1. The van der Waals surface area contributed by atoms with Crippen LogP contribution in [-0.4, -0.2) is 73.3 Å². The van der Waals surface area contributed by atoms with E-state index >= 15 is 0 Å². The third-order valence-corrected chi connectivity index (χ3v) is 4.78. The van der Waals surface area contributed by atoms with Crippen LogP contribution in [0.5, 0.6) is 0 Å². The van der Waals surface area contributed by atoms with Crippen molar-refractivity contribution in [3.05, 3.63) is 16.3 Å². The minimum absolute atomic E-state index is 0.0362. The van der Waals surface area contributed by atoms with E-state index in [1.54, 1.807) is 9.80 Å². The molecule has 1 spiro atoms. The molecule has 0 saturated carbocycles. The Balaban J connectivity index is 1.91. The Bertz CT molecular complexity index is 679. The number of carbonyl (C=O) groups is 2. The zero-order chi connectivity index (χ0) is 16.6. The van der Waals surface area contributed by atoms with Crippen molar-refractivity contribution in [3.63, 3.8) is 0 Å². The molecule has 126 valence electrons. The molecule has 0 radical (unpaired) electrons. The lowest BCUT2D eigenvalue weighted by Gasteiger charge is -2.44. The van der Waals surface area contributed by atoms with Gasteiger partial charge in [-0.3, -0.25) is 14.6 Å². The van der Waals surface area contributed by atoms with Gasteiger partial charge in [0, 0.05) is 26.7 Å². The Hall–Kier alpha value is -2.16. The quantitative estimate of drug-likeness (QED) is 0.718. The molecular formula is C14H21N5O4. The van der Waals surface area contributed by atoms with Gasteiger partial charge in [-0.15, -0.1) is 5.10 Å². The highest BCUT2D eigenvalue weighted by Gasteiger charge is 2.53. The summed E-state index contributed by atoms with van der Waals surface area (Å²) in [5.41, 5.74) is -1.32. The van der Waals surface area contributed by atoms with Gasteiger partial charge in [0.15, 0.2) is 0 Å². The molecule has 2 aliphatic rings. The van der Waals surface area contributed by atoms with Crippen LogP contribution in [0.2, 0.25) is 0 Å². The van der Waals surface area contributed by atoms with Crippen molar-refractivity contribution in [2.75, 3.05) is 26.2 Å². The number of aliphatic hydroxyl groups excluding tert-OH is 1. The first-order chi connectivity index (χ1) is 11.0. The molecule has 2 amide bonds. The molecule has 1 aromatic rings. The van der Waals surface area contributed by atoms with E-state index in [0.717, 1.165) is 17.5 Å². The van der Waals surface area contributed by atoms with Crippen molar-refractivity contribution in [3.8, 4) is 0 Å². The number of likely N-dealkylation sites (tertiary alicyclic amines) is 2. The van der Waals surface area contributed by atoms with E-state index in [1.165, 1.54) is 7.05 Å². The highest BCUT2D eigenvalue weighted by molar-refractivity contribution is 5.97. The third-order valence-electron chi connectivity index (χ3n) is 4.78. The number of aryl methyl sites for hydroxylation is 1.